The molecule has 0 saturated carbocycles. The summed E-state index contributed by atoms with van der Waals surface area (Å²) in [5.41, 5.74) is 1.29. The third-order valence-electron chi connectivity index (χ3n) is 4.18. The van der Waals surface area contributed by atoms with Crippen LogP contribution < -0.4 is 14.8 Å². The molecule has 0 fully saturated rings. The van der Waals surface area contributed by atoms with Gasteiger partial charge in [-0.2, -0.15) is 0 Å². The first-order valence-electron chi connectivity index (χ1n) is 8.90. The van der Waals surface area contributed by atoms with Gasteiger partial charge in [-0.05, 0) is 30.2 Å². The molecule has 7 heteroatoms. The predicted molar refractivity (Wildman–Crippen MR) is 103 cm³/mol. The lowest BCUT2D eigenvalue weighted by Crippen LogP contribution is -2.35. The fourth-order valence-corrected chi connectivity index (χ4v) is 2.86. The topological polar surface area (TPSA) is 94.1 Å². The maximum atomic E-state index is 12.9. The van der Waals surface area contributed by atoms with E-state index in [-0.39, 0.29) is 6.42 Å². The zero-order valence-electron chi connectivity index (χ0n) is 16.2. The minimum Gasteiger partial charge on any atom is -0.493 e. The second-order valence-corrected chi connectivity index (χ2v) is 6.02. The van der Waals surface area contributed by atoms with Gasteiger partial charge < -0.3 is 24.6 Å². The first kappa shape index (κ1) is 21.2. The Kier molecular flexibility index (Phi) is 7.83. The number of ether oxygens (including phenoxy) is 3. The van der Waals surface area contributed by atoms with E-state index in [4.69, 9.17) is 14.2 Å². The van der Waals surface area contributed by atoms with E-state index in [0.29, 0.717) is 29.2 Å². The highest BCUT2D eigenvalue weighted by Gasteiger charge is 2.26. The monoisotopic (exact) mass is 387 g/mol. The lowest BCUT2D eigenvalue weighted by atomic mass is 10.0. The number of carboxylic acid groups (broad SMARTS) is 1. The van der Waals surface area contributed by atoms with Gasteiger partial charge in [-0.25, -0.2) is 0 Å². The van der Waals surface area contributed by atoms with Crippen LogP contribution in [-0.2, 0) is 14.3 Å². The van der Waals surface area contributed by atoms with Crippen molar-refractivity contribution in [1.29, 1.82) is 0 Å². The zero-order valence-corrected chi connectivity index (χ0v) is 16.2. The largest absolute Gasteiger partial charge is 0.493 e. The van der Waals surface area contributed by atoms with Crippen molar-refractivity contribution >= 4 is 11.9 Å². The van der Waals surface area contributed by atoms with E-state index in [1.165, 1.54) is 14.2 Å². The van der Waals surface area contributed by atoms with Gasteiger partial charge in [0.05, 0.1) is 26.7 Å². The summed E-state index contributed by atoms with van der Waals surface area (Å²) in [6, 6.07) is 13.4. The highest BCUT2D eigenvalue weighted by Crippen LogP contribution is 2.31. The molecule has 0 spiro atoms. The standard InChI is InChI=1S/C21H25NO6/c1-4-28-20(14-8-6-5-7-9-14)21(25)22-16(13-19(23)24)15-10-11-17(26-2)18(12-15)27-3/h5-12,16,20H,4,13H2,1-3H3,(H,22,25)(H,23,24). The molecule has 0 aliphatic heterocycles. The van der Waals surface area contributed by atoms with Gasteiger partial charge in [0.2, 0.25) is 0 Å². The van der Waals surface area contributed by atoms with Crippen LogP contribution >= 0.6 is 0 Å². The van der Waals surface area contributed by atoms with Crippen LogP contribution in [0.25, 0.3) is 0 Å². The van der Waals surface area contributed by atoms with E-state index in [1.807, 2.05) is 18.2 Å². The molecular formula is C21H25NO6. The SMILES string of the molecule is CCOC(C(=O)NC(CC(=O)O)c1ccc(OC)c(OC)c1)c1ccccc1. The van der Waals surface area contributed by atoms with Crippen molar-refractivity contribution in [3.8, 4) is 11.5 Å². The summed E-state index contributed by atoms with van der Waals surface area (Å²) in [6.07, 6.45) is -1.11. The van der Waals surface area contributed by atoms with Gasteiger partial charge >= 0.3 is 5.97 Å². The average Bonchev–Trinajstić information content (AvgIpc) is 2.71. The second kappa shape index (κ2) is 10.3. The number of hydrogen-bond acceptors (Lipinski definition) is 5. The number of methoxy groups -OCH3 is 2. The van der Waals surface area contributed by atoms with Crippen molar-refractivity contribution in [2.75, 3.05) is 20.8 Å². The van der Waals surface area contributed by atoms with Gasteiger partial charge in [0, 0.05) is 6.61 Å². The molecule has 28 heavy (non-hydrogen) atoms. The summed E-state index contributed by atoms with van der Waals surface area (Å²) >= 11 is 0. The number of hydrogen-bond donors (Lipinski definition) is 2. The number of amides is 1. The summed E-state index contributed by atoms with van der Waals surface area (Å²) in [4.78, 5) is 24.3. The van der Waals surface area contributed by atoms with Gasteiger partial charge in [-0.1, -0.05) is 36.4 Å². The normalized spacial score (nSPS) is 12.7. The Morgan fingerprint density at radius 2 is 1.68 bits per heavy atom. The summed E-state index contributed by atoms with van der Waals surface area (Å²) in [5, 5.41) is 12.1. The summed E-state index contributed by atoms with van der Waals surface area (Å²) in [6.45, 7) is 2.14. The lowest BCUT2D eigenvalue weighted by molar-refractivity contribution is -0.138. The fourth-order valence-electron chi connectivity index (χ4n) is 2.86. The highest BCUT2D eigenvalue weighted by molar-refractivity contribution is 5.83. The summed E-state index contributed by atoms with van der Waals surface area (Å²) < 4.78 is 16.1. The molecule has 0 aliphatic rings. The van der Waals surface area contributed by atoms with Crippen molar-refractivity contribution < 1.29 is 28.9 Å². The third kappa shape index (κ3) is 5.47. The van der Waals surface area contributed by atoms with Crippen LogP contribution in [0.15, 0.2) is 48.5 Å². The van der Waals surface area contributed by atoms with Crippen LogP contribution in [0, 0.1) is 0 Å². The maximum Gasteiger partial charge on any atom is 0.305 e. The zero-order chi connectivity index (χ0) is 20.5. The number of rotatable bonds is 10. The smallest absolute Gasteiger partial charge is 0.305 e. The molecule has 2 aromatic rings. The minimum atomic E-state index is -1.03. The van der Waals surface area contributed by atoms with Gasteiger partial charge in [0.1, 0.15) is 0 Å². The number of aliphatic carboxylic acids is 1. The molecule has 0 radical (unpaired) electrons. The Morgan fingerprint density at radius 3 is 2.25 bits per heavy atom. The Balaban J connectivity index is 2.30. The van der Waals surface area contributed by atoms with Crippen LogP contribution in [0.4, 0.5) is 0 Å². The number of carbonyl (C=O) groups excluding carboxylic acids is 1. The van der Waals surface area contributed by atoms with E-state index in [1.54, 1.807) is 37.3 Å². The third-order valence-corrected chi connectivity index (χ3v) is 4.18. The van der Waals surface area contributed by atoms with Gasteiger partial charge in [-0.15, -0.1) is 0 Å². The van der Waals surface area contributed by atoms with Crippen molar-refractivity contribution in [2.45, 2.75) is 25.5 Å². The molecule has 2 atom stereocenters. The van der Waals surface area contributed by atoms with E-state index in [9.17, 15) is 14.7 Å². The van der Waals surface area contributed by atoms with Crippen LogP contribution in [0.1, 0.15) is 36.6 Å². The first-order chi connectivity index (χ1) is 13.5. The number of carbonyl (C=O) groups is 2. The molecule has 0 saturated heterocycles. The van der Waals surface area contributed by atoms with E-state index < -0.39 is 24.0 Å². The van der Waals surface area contributed by atoms with Gasteiger partial charge in [0.25, 0.3) is 5.91 Å². The maximum absolute atomic E-state index is 12.9. The van der Waals surface area contributed by atoms with Crippen LogP contribution in [0.5, 0.6) is 11.5 Å². The summed E-state index contributed by atoms with van der Waals surface area (Å²) in [7, 11) is 3.01. The Bertz CT molecular complexity index is 793. The molecule has 2 aromatic carbocycles. The molecule has 0 bridgehead atoms. The molecule has 2 N–H and O–H groups in total. The van der Waals surface area contributed by atoms with E-state index >= 15 is 0 Å². The molecule has 2 unspecified atom stereocenters. The highest BCUT2D eigenvalue weighted by atomic mass is 16.5. The van der Waals surface area contributed by atoms with Crippen molar-refractivity contribution in [3.63, 3.8) is 0 Å². The summed E-state index contributed by atoms with van der Waals surface area (Å²) in [5.74, 6) is -0.473. The number of benzene rings is 2. The van der Waals surface area contributed by atoms with E-state index in [0.717, 1.165) is 0 Å². The Morgan fingerprint density at radius 1 is 1.00 bits per heavy atom. The van der Waals surface area contributed by atoms with Crippen molar-refractivity contribution in [2.24, 2.45) is 0 Å². The Hall–Kier alpha value is -3.06. The van der Waals surface area contributed by atoms with Gasteiger partial charge in [0.15, 0.2) is 17.6 Å². The molecule has 0 aromatic heterocycles. The van der Waals surface area contributed by atoms with Crippen LogP contribution in [0.2, 0.25) is 0 Å². The molecule has 0 aliphatic carbocycles. The van der Waals surface area contributed by atoms with E-state index in [2.05, 4.69) is 5.32 Å². The second-order valence-electron chi connectivity index (χ2n) is 6.02. The lowest BCUT2D eigenvalue weighted by Gasteiger charge is -2.23. The van der Waals surface area contributed by atoms with Crippen LogP contribution in [0.3, 0.4) is 0 Å². The number of carboxylic acids is 1. The molecule has 150 valence electrons. The van der Waals surface area contributed by atoms with Crippen molar-refractivity contribution in [1.82, 2.24) is 5.32 Å². The minimum absolute atomic E-state index is 0.283. The first-order valence-corrected chi connectivity index (χ1v) is 8.90. The fraction of sp³-hybridized carbons (Fsp3) is 0.333. The van der Waals surface area contributed by atoms with Crippen LogP contribution in [-0.4, -0.2) is 37.8 Å². The average molecular weight is 387 g/mol. The molecule has 2 rings (SSSR count). The van der Waals surface area contributed by atoms with Gasteiger partial charge in [-0.3, -0.25) is 9.59 Å². The quantitative estimate of drug-likeness (QED) is 0.651. The van der Waals surface area contributed by atoms with Crippen molar-refractivity contribution in [3.05, 3.63) is 59.7 Å². The number of nitrogens with one attached hydrogen (secondary N) is 1. The molecule has 1 amide bonds. The molecule has 0 heterocycles. The molecular weight excluding hydrogens is 362 g/mol. The Labute approximate surface area is 164 Å². The molecule has 7 nitrogen and oxygen atoms in total. The predicted octanol–water partition coefficient (Wildman–Crippen LogP) is 3.11.